The molecule has 1 aromatic heterocycles. The number of nitrogens with one attached hydrogen (secondary N) is 2. The van der Waals surface area contributed by atoms with Crippen molar-refractivity contribution in [1.29, 1.82) is 0 Å². The van der Waals surface area contributed by atoms with Gasteiger partial charge < -0.3 is 10.0 Å². The molecule has 2 heterocycles. The van der Waals surface area contributed by atoms with Gasteiger partial charge in [0.05, 0.1) is 24.8 Å². The first-order valence-corrected chi connectivity index (χ1v) is 17.3. The van der Waals surface area contributed by atoms with Crippen LogP contribution in [0.1, 0.15) is 59.9 Å². The lowest BCUT2D eigenvalue weighted by Gasteiger charge is -2.50. The fourth-order valence-corrected chi connectivity index (χ4v) is 8.33. The van der Waals surface area contributed by atoms with E-state index >= 15 is 0 Å². The van der Waals surface area contributed by atoms with Crippen molar-refractivity contribution in [2.75, 3.05) is 6.26 Å². The van der Waals surface area contributed by atoms with Crippen LogP contribution in [0.5, 0.6) is 0 Å². The molecule has 0 bridgehead atoms. The summed E-state index contributed by atoms with van der Waals surface area (Å²) in [4.78, 5) is 37.3. The average molecular weight is 655 g/mol. The number of aliphatic hydroxyl groups is 1. The number of piperidine rings is 1. The number of amides is 2. The van der Waals surface area contributed by atoms with E-state index in [1.165, 1.54) is 11.3 Å². The highest BCUT2D eigenvalue weighted by Gasteiger charge is 2.51. The van der Waals surface area contributed by atoms with E-state index in [0.717, 1.165) is 28.9 Å². The Balaban J connectivity index is 1.56. The maximum Gasteiger partial charge on any atom is 0.254 e. The van der Waals surface area contributed by atoms with Crippen LogP contribution < -0.4 is 10.2 Å². The number of sulfonamides is 1. The largest absolute Gasteiger partial charge is 0.391 e. The van der Waals surface area contributed by atoms with E-state index in [1.54, 1.807) is 29.2 Å². The molecule has 0 spiro atoms. The van der Waals surface area contributed by atoms with Gasteiger partial charge in [-0.1, -0.05) is 54.3 Å². The molecule has 3 N–H and O–H groups in total. The third kappa shape index (κ3) is 6.77. The molecular weight excluding hydrogens is 621 g/mol. The van der Waals surface area contributed by atoms with Gasteiger partial charge in [0.1, 0.15) is 6.61 Å². The Bertz CT molecular complexity index is 1520. The molecule has 3 aliphatic rings. The summed E-state index contributed by atoms with van der Waals surface area (Å²) in [6.07, 6.45) is 8.93. The summed E-state index contributed by atoms with van der Waals surface area (Å²) in [7, 11) is -3.57. The number of hydrogen-bond donors (Lipinski definition) is 3. The Kier molecular flexibility index (Phi) is 9.78. The minimum absolute atomic E-state index is 0.0773. The van der Waals surface area contributed by atoms with Gasteiger partial charge >= 0.3 is 0 Å². The fraction of sp³-hybridized carbons (Fsp3) is 0.448. The normalized spacial score (nSPS) is 24.6. The molecule has 2 amide bonds. The third-order valence-electron chi connectivity index (χ3n) is 7.88. The summed E-state index contributed by atoms with van der Waals surface area (Å²) in [5.74, 6) is -1.60. The van der Waals surface area contributed by atoms with Crippen LogP contribution in [0.3, 0.4) is 0 Å². The number of hydrogen-bond acceptors (Lipinski definition) is 7. The number of fused-ring (bicyclic) bond motifs is 1. The van der Waals surface area contributed by atoms with Gasteiger partial charge in [0, 0.05) is 37.5 Å². The van der Waals surface area contributed by atoms with Crippen LogP contribution in [-0.4, -0.2) is 48.6 Å². The Morgan fingerprint density at radius 2 is 1.86 bits per heavy atom. The highest BCUT2D eigenvalue weighted by molar-refractivity contribution is 7.88. The number of halogens is 2. The molecule has 4 atom stereocenters. The number of hydroxylamine groups is 1. The molecule has 0 unspecified atom stereocenters. The maximum absolute atomic E-state index is 14.3. The van der Waals surface area contributed by atoms with E-state index in [9.17, 15) is 23.1 Å². The van der Waals surface area contributed by atoms with Crippen molar-refractivity contribution in [3.05, 3.63) is 79.0 Å². The van der Waals surface area contributed by atoms with E-state index in [-0.39, 0.29) is 19.1 Å². The van der Waals surface area contributed by atoms with Crippen molar-refractivity contribution >= 4 is 56.4 Å². The van der Waals surface area contributed by atoms with Crippen molar-refractivity contribution in [2.45, 2.75) is 69.9 Å². The first kappa shape index (κ1) is 31.2. The van der Waals surface area contributed by atoms with Crippen LogP contribution in [0.4, 0.5) is 0 Å². The van der Waals surface area contributed by atoms with Gasteiger partial charge in [-0.25, -0.2) is 18.6 Å². The van der Waals surface area contributed by atoms with Crippen LogP contribution >= 0.6 is 34.5 Å². The summed E-state index contributed by atoms with van der Waals surface area (Å²) in [5.41, 5.74) is 4.18. The Hall–Kier alpha value is -2.25. The monoisotopic (exact) mass is 653 g/mol. The Morgan fingerprint density at radius 1 is 1.12 bits per heavy atom. The van der Waals surface area contributed by atoms with Crippen LogP contribution in [0.25, 0.3) is 0 Å². The van der Waals surface area contributed by atoms with Gasteiger partial charge in [-0.2, -0.15) is 0 Å². The van der Waals surface area contributed by atoms with Gasteiger partial charge in [0.15, 0.2) is 0 Å². The van der Waals surface area contributed by atoms with E-state index in [1.807, 2.05) is 18.2 Å². The summed E-state index contributed by atoms with van der Waals surface area (Å²) >= 11 is 14.4. The third-order valence-corrected chi connectivity index (χ3v) is 10.2. The lowest BCUT2D eigenvalue weighted by Crippen LogP contribution is -2.60. The topological polar surface area (TPSA) is 125 Å². The second-order valence-electron chi connectivity index (χ2n) is 10.8. The highest BCUT2D eigenvalue weighted by Crippen LogP contribution is 2.48. The van der Waals surface area contributed by atoms with E-state index in [0.29, 0.717) is 52.4 Å². The quantitative estimate of drug-likeness (QED) is 0.334. The molecule has 0 radical (unpaired) electrons. The molecule has 226 valence electrons. The lowest BCUT2D eigenvalue weighted by molar-refractivity contribution is -0.146. The summed E-state index contributed by atoms with van der Waals surface area (Å²) in [5, 5.41) is 10.1. The van der Waals surface area contributed by atoms with Crippen molar-refractivity contribution in [2.24, 2.45) is 5.92 Å². The smallest absolute Gasteiger partial charge is 0.254 e. The zero-order valence-electron chi connectivity index (χ0n) is 23.0. The number of carbonyl (C=O) groups is 2. The van der Waals surface area contributed by atoms with Gasteiger partial charge in [-0.15, -0.1) is 11.3 Å². The summed E-state index contributed by atoms with van der Waals surface area (Å²) < 4.78 is 27.4. The number of nitrogens with zero attached hydrogens (tertiary/aromatic N) is 1. The molecule has 2 aromatic rings. The van der Waals surface area contributed by atoms with Crippen LogP contribution in [-0.2, 0) is 37.7 Å². The minimum Gasteiger partial charge on any atom is -0.391 e. The summed E-state index contributed by atoms with van der Waals surface area (Å²) in [6.45, 7) is 0.0228. The second-order valence-corrected chi connectivity index (χ2v) is 14.7. The Labute approximate surface area is 259 Å². The number of allylic oxidation sites excluding steroid dienone is 2. The van der Waals surface area contributed by atoms with Gasteiger partial charge in [-0.05, 0) is 61.1 Å². The van der Waals surface area contributed by atoms with Gasteiger partial charge in [0.2, 0.25) is 10.0 Å². The Morgan fingerprint density at radius 3 is 2.57 bits per heavy atom. The molecule has 5 rings (SSSR count). The number of likely N-dealkylation sites (tertiary alicyclic amines) is 1. The predicted octanol–water partition coefficient (Wildman–Crippen LogP) is 4.80. The summed E-state index contributed by atoms with van der Waals surface area (Å²) in [6, 6.07) is 6.70. The van der Waals surface area contributed by atoms with Crippen LogP contribution in [0.15, 0.2) is 53.6 Å². The van der Waals surface area contributed by atoms with Crippen molar-refractivity contribution < 1.29 is 28.0 Å². The molecule has 2 fully saturated rings. The highest BCUT2D eigenvalue weighted by atomic mass is 35.5. The van der Waals surface area contributed by atoms with Crippen molar-refractivity contribution in [3.8, 4) is 0 Å². The van der Waals surface area contributed by atoms with E-state index in [4.69, 9.17) is 28.0 Å². The van der Waals surface area contributed by atoms with Gasteiger partial charge in [-0.3, -0.25) is 14.4 Å². The lowest BCUT2D eigenvalue weighted by atomic mass is 9.73. The van der Waals surface area contributed by atoms with Gasteiger partial charge in [0.25, 0.3) is 11.8 Å². The number of aliphatic hydroxyl groups excluding tert-OH is 1. The van der Waals surface area contributed by atoms with E-state index in [2.05, 4.69) is 10.2 Å². The molecule has 1 aliphatic heterocycles. The molecule has 1 aromatic carbocycles. The molecule has 2 aliphatic carbocycles. The van der Waals surface area contributed by atoms with E-state index < -0.39 is 40.0 Å². The number of rotatable bonds is 9. The zero-order valence-corrected chi connectivity index (χ0v) is 26.2. The molecule has 13 heteroatoms. The maximum atomic E-state index is 14.3. The average Bonchev–Trinajstić information content (AvgIpc) is 3.41. The number of carbonyl (C=O) groups excluding carboxylic acids is 2. The molecule has 1 saturated carbocycles. The predicted molar refractivity (Wildman–Crippen MR) is 162 cm³/mol. The minimum atomic E-state index is -3.57. The molecule has 42 heavy (non-hydrogen) atoms. The SMILES string of the molecule is CS(=O)(=O)N[C@H]1CCCC[C@@H]1N1C(=O)C2=CCCC=C2[C@@H](C(=O)NOCc2ccc(CO)s2)[C@@H]1c1ccc(Cl)cc1Cl. The van der Waals surface area contributed by atoms with Crippen LogP contribution in [0, 0.1) is 5.92 Å². The number of thiophene rings is 1. The van der Waals surface area contributed by atoms with Crippen molar-refractivity contribution in [3.63, 3.8) is 0 Å². The van der Waals surface area contributed by atoms with Crippen LogP contribution in [0.2, 0.25) is 10.0 Å². The second kappa shape index (κ2) is 13.2. The first-order valence-electron chi connectivity index (χ1n) is 13.8. The number of benzene rings is 1. The standard InChI is InChI=1S/C29H33Cl2N3O6S2/c1-42(38,39)33-24-8-4-5-9-25(24)34-27(22-13-10-17(30)14-23(22)31)26(20-6-2-3-7-21(20)29(34)37)28(36)32-40-16-19-12-11-18(15-35)41-19/h6-7,10-14,24-27,33,35H,2-5,8-9,15-16H2,1H3,(H,32,36)/t24-,25-,26+,27-/m0/s1. The van der Waals surface area contributed by atoms with Crippen molar-refractivity contribution in [1.82, 2.24) is 15.1 Å². The fourth-order valence-electron chi connectivity index (χ4n) is 6.19. The first-order chi connectivity index (χ1) is 20.1. The molecule has 9 nitrogen and oxygen atoms in total. The molecule has 1 saturated heterocycles. The molecular formula is C29H33Cl2N3O6S2. The zero-order chi connectivity index (χ0) is 30.0.